The second-order valence-corrected chi connectivity index (χ2v) is 4.14. The zero-order valence-corrected chi connectivity index (χ0v) is 9.28. The molecule has 15 heavy (non-hydrogen) atoms. The van der Waals surface area contributed by atoms with Crippen LogP contribution in [0.25, 0.3) is 0 Å². The smallest absolute Gasteiger partial charge is 0.228 e. The van der Waals surface area contributed by atoms with Crippen molar-refractivity contribution < 1.29 is 9.53 Å². The van der Waals surface area contributed by atoms with Crippen molar-refractivity contribution in [3.63, 3.8) is 0 Å². The molecule has 1 saturated heterocycles. The fraction of sp³-hybridized carbons (Fsp3) is 0.400. The second kappa shape index (κ2) is 4.10. The minimum Gasteiger partial charge on any atom is -0.494 e. The summed E-state index contributed by atoms with van der Waals surface area (Å²) in [6.45, 7) is 0.615. The second-order valence-electron chi connectivity index (χ2n) is 3.41. The van der Waals surface area contributed by atoms with E-state index in [9.17, 15) is 4.79 Å². The summed E-state index contributed by atoms with van der Waals surface area (Å²) in [5.41, 5.74) is 0.724. The van der Waals surface area contributed by atoms with Gasteiger partial charge in [-0.15, -0.1) is 0 Å². The maximum absolute atomic E-state index is 11.6. The molecule has 0 saturated carbocycles. The van der Waals surface area contributed by atoms with Crippen molar-refractivity contribution in [1.82, 2.24) is 4.98 Å². The van der Waals surface area contributed by atoms with Crippen LogP contribution in [-0.2, 0) is 4.79 Å². The average Bonchev–Trinajstić information content (AvgIpc) is 2.57. The molecule has 1 aliphatic rings. The number of anilines is 1. The van der Waals surface area contributed by atoms with Gasteiger partial charge in [0.05, 0.1) is 13.3 Å². The van der Waals surface area contributed by atoms with Gasteiger partial charge in [-0.05, 0) is 0 Å². The van der Waals surface area contributed by atoms with E-state index in [2.05, 4.69) is 17.6 Å². The first-order valence-electron chi connectivity index (χ1n) is 4.69. The first kappa shape index (κ1) is 10.3. The largest absolute Gasteiger partial charge is 0.494 e. The average molecular weight is 224 g/mol. The summed E-state index contributed by atoms with van der Waals surface area (Å²) in [5.74, 6) is 0.738. The molecule has 80 valence electrons. The van der Waals surface area contributed by atoms with E-state index in [0.717, 1.165) is 5.69 Å². The van der Waals surface area contributed by atoms with Crippen LogP contribution in [0.2, 0.25) is 0 Å². The van der Waals surface area contributed by atoms with E-state index in [-0.39, 0.29) is 11.2 Å². The Bertz CT molecular complexity index is 383. The number of hydrogen-bond acceptors (Lipinski definition) is 4. The highest BCUT2D eigenvalue weighted by Crippen LogP contribution is 2.31. The summed E-state index contributed by atoms with van der Waals surface area (Å²) >= 11 is 4.30. The number of hydrogen-bond donors (Lipinski definition) is 1. The zero-order chi connectivity index (χ0) is 10.8. The van der Waals surface area contributed by atoms with Crippen LogP contribution in [0, 0.1) is 0 Å². The van der Waals surface area contributed by atoms with E-state index in [1.807, 2.05) is 0 Å². The van der Waals surface area contributed by atoms with Crippen LogP contribution < -0.4 is 9.64 Å². The molecule has 0 spiro atoms. The standard InChI is InChI=1S/C10H12N2O2S/c1-14-9-2-3-11-5-8(9)12-6-7(15)4-10(12)13/h2-3,5,7,15H,4,6H2,1H3. The lowest BCUT2D eigenvalue weighted by Gasteiger charge is -2.18. The molecule has 2 heterocycles. The van der Waals surface area contributed by atoms with Crippen molar-refractivity contribution in [2.24, 2.45) is 0 Å². The van der Waals surface area contributed by atoms with Gasteiger partial charge in [-0.1, -0.05) is 0 Å². The van der Waals surface area contributed by atoms with Gasteiger partial charge in [0.15, 0.2) is 0 Å². The van der Waals surface area contributed by atoms with E-state index >= 15 is 0 Å². The lowest BCUT2D eigenvalue weighted by Crippen LogP contribution is -2.25. The predicted octanol–water partition coefficient (Wildman–Crippen LogP) is 1.13. The van der Waals surface area contributed by atoms with Gasteiger partial charge in [0, 0.05) is 30.5 Å². The molecule has 0 aliphatic carbocycles. The van der Waals surface area contributed by atoms with Gasteiger partial charge in [0.2, 0.25) is 5.91 Å². The van der Waals surface area contributed by atoms with E-state index in [1.165, 1.54) is 0 Å². The molecule has 0 aromatic carbocycles. The minimum absolute atomic E-state index is 0.0706. The van der Waals surface area contributed by atoms with Crippen LogP contribution in [0.5, 0.6) is 5.75 Å². The molecule has 1 atom stereocenters. The minimum atomic E-state index is 0.0706. The summed E-state index contributed by atoms with van der Waals surface area (Å²) in [6, 6.07) is 1.74. The molecule has 1 aliphatic heterocycles. The van der Waals surface area contributed by atoms with E-state index < -0.39 is 0 Å². The Morgan fingerprint density at radius 1 is 1.67 bits per heavy atom. The fourth-order valence-corrected chi connectivity index (χ4v) is 1.99. The highest BCUT2D eigenvalue weighted by atomic mass is 32.1. The quantitative estimate of drug-likeness (QED) is 0.766. The number of aromatic nitrogens is 1. The summed E-state index contributed by atoms with van der Waals surface area (Å²) < 4.78 is 5.18. The molecule has 0 N–H and O–H groups in total. The number of methoxy groups -OCH3 is 1. The topological polar surface area (TPSA) is 42.4 Å². The normalized spacial score (nSPS) is 20.8. The van der Waals surface area contributed by atoms with E-state index in [4.69, 9.17) is 4.74 Å². The maximum Gasteiger partial charge on any atom is 0.228 e. The van der Waals surface area contributed by atoms with Crippen molar-refractivity contribution in [3.8, 4) is 5.75 Å². The monoisotopic (exact) mass is 224 g/mol. The van der Waals surface area contributed by atoms with Crippen molar-refractivity contribution in [3.05, 3.63) is 18.5 Å². The maximum atomic E-state index is 11.6. The summed E-state index contributed by atoms with van der Waals surface area (Å²) in [7, 11) is 1.58. The predicted molar refractivity (Wildman–Crippen MR) is 60.5 cm³/mol. The lowest BCUT2D eigenvalue weighted by atomic mass is 10.3. The highest BCUT2D eigenvalue weighted by molar-refractivity contribution is 7.81. The van der Waals surface area contributed by atoms with E-state index in [0.29, 0.717) is 18.7 Å². The third kappa shape index (κ3) is 1.92. The van der Waals surface area contributed by atoms with Gasteiger partial charge in [-0.2, -0.15) is 12.6 Å². The SMILES string of the molecule is COc1ccncc1N1CC(S)CC1=O. The Morgan fingerprint density at radius 2 is 2.47 bits per heavy atom. The molecule has 1 amide bonds. The molecule has 0 bridgehead atoms. The number of ether oxygens (including phenoxy) is 1. The third-order valence-electron chi connectivity index (χ3n) is 2.38. The molecule has 1 fully saturated rings. The van der Waals surface area contributed by atoms with Gasteiger partial charge in [-0.25, -0.2) is 0 Å². The van der Waals surface area contributed by atoms with Crippen molar-refractivity contribution in [2.75, 3.05) is 18.6 Å². The van der Waals surface area contributed by atoms with Gasteiger partial charge in [-0.3, -0.25) is 9.78 Å². The van der Waals surface area contributed by atoms with Gasteiger partial charge >= 0.3 is 0 Å². The number of rotatable bonds is 2. The molecule has 5 heteroatoms. The highest BCUT2D eigenvalue weighted by Gasteiger charge is 2.30. The Morgan fingerprint density at radius 3 is 3.07 bits per heavy atom. The van der Waals surface area contributed by atoms with Gasteiger partial charge < -0.3 is 9.64 Å². The molecule has 1 aromatic rings. The lowest BCUT2D eigenvalue weighted by molar-refractivity contribution is -0.117. The number of carbonyl (C=O) groups is 1. The Hall–Kier alpha value is -1.23. The molecular formula is C10H12N2O2S. The fourth-order valence-electron chi connectivity index (χ4n) is 1.67. The van der Waals surface area contributed by atoms with Crippen molar-refractivity contribution >= 4 is 24.2 Å². The van der Waals surface area contributed by atoms with Crippen LogP contribution in [-0.4, -0.2) is 29.8 Å². The number of pyridine rings is 1. The molecule has 1 unspecified atom stereocenters. The molecule has 1 aromatic heterocycles. The first-order chi connectivity index (χ1) is 7.22. The Kier molecular flexibility index (Phi) is 2.81. The molecule has 4 nitrogen and oxygen atoms in total. The van der Waals surface area contributed by atoms with Gasteiger partial charge in [0.1, 0.15) is 11.4 Å². The summed E-state index contributed by atoms with van der Waals surface area (Å²) in [5, 5.41) is 0.0995. The summed E-state index contributed by atoms with van der Waals surface area (Å²) in [4.78, 5) is 17.3. The van der Waals surface area contributed by atoms with Crippen molar-refractivity contribution in [2.45, 2.75) is 11.7 Å². The van der Waals surface area contributed by atoms with Crippen LogP contribution in [0.4, 0.5) is 5.69 Å². The first-order valence-corrected chi connectivity index (χ1v) is 5.20. The number of nitrogens with zero attached hydrogens (tertiary/aromatic N) is 2. The zero-order valence-electron chi connectivity index (χ0n) is 8.38. The van der Waals surface area contributed by atoms with E-state index in [1.54, 1.807) is 30.5 Å². The molecular weight excluding hydrogens is 212 g/mol. The van der Waals surface area contributed by atoms with Crippen LogP contribution in [0.3, 0.4) is 0 Å². The molecule has 0 radical (unpaired) electrons. The van der Waals surface area contributed by atoms with Crippen molar-refractivity contribution in [1.29, 1.82) is 0 Å². The Labute approximate surface area is 93.7 Å². The van der Waals surface area contributed by atoms with Crippen LogP contribution in [0.15, 0.2) is 18.5 Å². The summed E-state index contributed by atoms with van der Waals surface area (Å²) in [6.07, 6.45) is 3.75. The molecule has 2 rings (SSSR count). The van der Waals surface area contributed by atoms with Gasteiger partial charge in [0.25, 0.3) is 0 Å². The number of thiol groups is 1. The van der Waals surface area contributed by atoms with Crippen LogP contribution >= 0.6 is 12.6 Å². The Balaban J connectivity index is 2.33. The van der Waals surface area contributed by atoms with Crippen LogP contribution in [0.1, 0.15) is 6.42 Å². The number of carbonyl (C=O) groups excluding carboxylic acids is 1. The third-order valence-corrected chi connectivity index (χ3v) is 2.72. The number of amides is 1.